The van der Waals surface area contributed by atoms with E-state index in [0.29, 0.717) is 30.4 Å². The second-order valence-corrected chi connectivity index (χ2v) is 5.79. The minimum atomic E-state index is -0.0337. The van der Waals surface area contributed by atoms with Crippen LogP contribution in [-0.2, 0) is 4.74 Å². The summed E-state index contributed by atoms with van der Waals surface area (Å²) in [6.45, 7) is 9.60. The zero-order valence-electron chi connectivity index (χ0n) is 12.3. The van der Waals surface area contributed by atoms with E-state index in [2.05, 4.69) is 23.7 Å². The second kappa shape index (κ2) is 6.41. The van der Waals surface area contributed by atoms with Crippen LogP contribution in [0.1, 0.15) is 30.4 Å². The maximum atomic E-state index is 12.5. The van der Waals surface area contributed by atoms with Gasteiger partial charge < -0.3 is 20.3 Å². The lowest BCUT2D eigenvalue weighted by molar-refractivity contribution is -0.0122. The van der Waals surface area contributed by atoms with E-state index in [0.717, 1.165) is 18.2 Å². The Labute approximate surface area is 123 Å². The van der Waals surface area contributed by atoms with Crippen LogP contribution in [-0.4, -0.2) is 54.7 Å². The van der Waals surface area contributed by atoms with Gasteiger partial charge in [-0.2, -0.15) is 0 Å². The Morgan fingerprint density at radius 3 is 2.85 bits per heavy atom. The van der Waals surface area contributed by atoms with Gasteiger partial charge in [-0.1, -0.05) is 11.3 Å². The highest BCUT2D eigenvalue weighted by atomic mass is 32.1. The number of anilines is 2. The van der Waals surface area contributed by atoms with E-state index in [-0.39, 0.29) is 12.0 Å². The van der Waals surface area contributed by atoms with Crippen molar-refractivity contribution >= 4 is 28.2 Å². The van der Waals surface area contributed by atoms with E-state index in [1.807, 2.05) is 6.92 Å². The summed E-state index contributed by atoms with van der Waals surface area (Å²) >= 11 is 1.38. The van der Waals surface area contributed by atoms with Gasteiger partial charge in [0.2, 0.25) is 0 Å². The number of nitrogen functional groups attached to an aromatic ring is 1. The molecule has 1 aliphatic heterocycles. The molecular formula is C13H22N4O2S. The highest BCUT2D eigenvalue weighted by Gasteiger charge is 2.26. The molecule has 1 saturated heterocycles. The monoisotopic (exact) mass is 298 g/mol. The third kappa shape index (κ3) is 3.04. The zero-order chi connectivity index (χ0) is 14.7. The third-order valence-electron chi connectivity index (χ3n) is 3.40. The van der Waals surface area contributed by atoms with Crippen molar-refractivity contribution in [3.8, 4) is 0 Å². The number of hydrogen-bond donors (Lipinski definition) is 1. The Bertz CT molecular complexity index is 473. The van der Waals surface area contributed by atoms with Gasteiger partial charge in [0.15, 0.2) is 5.13 Å². The van der Waals surface area contributed by atoms with E-state index in [9.17, 15) is 4.79 Å². The number of hydrogen-bond acceptors (Lipinski definition) is 6. The maximum absolute atomic E-state index is 12.5. The zero-order valence-corrected chi connectivity index (χ0v) is 13.1. The molecule has 1 aliphatic rings. The van der Waals surface area contributed by atoms with Gasteiger partial charge >= 0.3 is 0 Å². The topological polar surface area (TPSA) is 71.7 Å². The molecule has 2 N–H and O–H groups in total. The van der Waals surface area contributed by atoms with E-state index in [4.69, 9.17) is 10.5 Å². The van der Waals surface area contributed by atoms with E-state index >= 15 is 0 Å². The molecule has 1 unspecified atom stereocenters. The van der Waals surface area contributed by atoms with Gasteiger partial charge in [0, 0.05) is 26.2 Å². The van der Waals surface area contributed by atoms with E-state index < -0.39 is 0 Å². The number of carbonyl (C=O) groups is 1. The van der Waals surface area contributed by atoms with Gasteiger partial charge in [-0.15, -0.1) is 0 Å². The lowest BCUT2D eigenvalue weighted by Crippen LogP contribution is -2.44. The van der Waals surface area contributed by atoms with Crippen LogP contribution in [0.3, 0.4) is 0 Å². The van der Waals surface area contributed by atoms with Crippen LogP contribution in [0.2, 0.25) is 0 Å². The highest BCUT2D eigenvalue weighted by Crippen LogP contribution is 2.29. The number of rotatable bonds is 4. The molecule has 1 amide bonds. The molecule has 0 aliphatic carbocycles. The Kier molecular flexibility index (Phi) is 4.82. The van der Waals surface area contributed by atoms with Crippen molar-refractivity contribution in [2.24, 2.45) is 0 Å². The van der Waals surface area contributed by atoms with E-state index in [1.165, 1.54) is 11.3 Å². The molecule has 0 saturated carbocycles. The number of ether oxygens (including phenoxy) is 1. The molecule has 1 aromatic rings. The van der Waals surface area contributed by atoms with Crippen LogP contribution in [0.5, 0.6) is 0 Å². The van der Waals surface area contributed by atoms with Crippen LogP contribution < -0.4 is 10.6 Å². The summed E-state index contributed by atoms with van der Waals surface area (Å²) in [6, 6.07) is 0. The van der Waals surface area contributed by atoms with Crippen molar-refractivity contribution in [2.75, 3.05) is 43.4 Å². The van der Waals surface area contributed by atoms with Crippen molar-refractivity contribution < 1.29 is 9.53 Å². The summed E-state index contributed by atoms with van der Waals surface area (Å²) < 4.78 is 5.46. The van der Waals surface area contributed by atoms with Crippen LogP contribution in [0.4, 0.5) is 10.9 Å². The molecule has 0 bridgehead atoms. The molecule has 2 rings (SSSR count). The lowest BCUT2D eigenvalue weighted by atomic mass is 10.3. The molecule has 0 aromatic carbocycles. The fourth-order valence-electron chi connectivity index (χ4n) is 2.25. The summed E-state index contributed by atoms with van der Waals surface area (Å²) in [6.07, 6.45) is 0.0732. The third-order valence-corrected chi connectivity index (χ3v) is 4.52. The minimum Gasteiger partial charge on any atom is -0.382 e. The SMILES string of the molecule is CCN(CC)c1nc(N)c(C(=O)N2CCOC(C)C2)s1. The first-order valence-electron chi connectivity index (χ1n) is 6.98. The first kappa shape index (κ1) is 15.1. The molecular weight excluding hydrogens is 276 g/mol. The number of amides is 1. The summed E-state index contributed by atoms with van der Waals surface area (Å²) in [7, 11) is 0. The molecule has 0 spiro atoms. The number of nitrogens with two attached hydrogens (primary N) is 1. The minimum absolute atomic E-state index is 0.0337. The number of carbonyl (C=O) groups excluding carboxylic acids is 1. The predicted octanol–water partition coefficient (Wildman–Crippen LogP) is 1.43. The van der Waals surface area contributed by atoms with Gasteiger partial charge in [0.1, 0.15) is 10.7 Å². The van der Waals surface area contributed by atoms with Crippen LogP contribution in [0.25, 0.3) is 0 Å². The van der Waals surface area contributed by atoms with Crippen molar-refractivity contribution in [3.05, 3.63) is 4.88 Å². The van der Waals surface area contributed by atoms with Crippen LogP contribution in [0.15, 0.2) is 0 Å². The average Bonchev–Trinajstić information content (AvgIpc) is 2.81. The average molecular weight is 298 g/mol. The second-order valence-electron chi connectivity index (χ2n) is 4.82. The molecule has 0 radical (unpaired) electrons. The molecule has 2 heterocycles. The van der Waals surface area contributed by atoms with Crippen molar-refractivity contribution in [1.82, 2.24) is 9.88 Å². The molecule has 1 aromatic heterocycles. The van der Waals surface area contributed by atoms with Crippen molar-refractivity contribution in [3.63, 3.8) is 0 Å². The van der Waals surface area contributed by atoms with Gasteiger partial charge in [-0.3, -0.25) is 4.79 Å². The Morgan fingerprint density at radius 2 is 2.25 bits per heavy atom. The summed E-state index contributed by atoms with van der Waals surface area (Å²) in [5.41, 5.74) is 5.92. The number of aromatic nitrogens is 1. The van der Waals surface area contributed by atoms with Gasteiger partial charge in [0.25, 0.3) is 5.91 Å². The fraction of sp³-hybridized carbons (Fsp3) is 0.692. The van der Waals surface area contributed by atoms with Crippen molar-refractivity contribution in [1.29, 1.82) is 0 Å². The molecule has 1 atom stereocenters. The fourth-order valence-corrected chi connectivity index (χ4v) is 3.33. The maximum Gasteiger partial charge on any atom is 0.268 e. The quantitative estimate of drug-likeness (QED) is 0.910. The van der Waals surface area contributed by atoms with Crippen LogP contribution >= 0.6 is 11.3 Å². The standard InChI is InChI=1S/C13H22N4O2S/c1-4-16(5-2)13-15-11(14)10(20-13)12(18)17-6-7-19-9(3)8-17/h9H,4-8,14H2,1-3H3. The molecule has 6 nitrogen and oxygen atoms in total. The largest absolute Gasteiger partial charge is 0.382 e. The van der Waals surface area contributed by atoms with E-state index in [1.54, 1.807) is 4.90 Å². The summed E-state index contributed by atoms with van der Waals surface area (Å²) in [5, 5.41) is 0.817. The number of nitrogens with zero attached hydrogens (tertiary/aromatic N) is 3. The Morgan fingerprint density at radius 1 is 1.55 bits per heavy atom. The van der Waals surface area contributed by atoms with Crippen molar-refractivity contribution in [2.45, 2.75) is 26.9 Å². The highest BCUT2D eigenvalue weighted by molar-refractivity contribution is 7.18. The predicted molar refractivity (Wildman–Crippen MR) is 81.4 cm³/mol. The van der Waals surface area contributed by atoms with Gasteiger partial charge in [-0.05, 0) is 20.8 Å². The first-order valence-corrected chi connectivity index (χ1v) is 7.80. The number of morpholine rings is 1. The molecule has 112 valence electrons. The summed E-state index contributed by atoms with van der Waals surface area (Å²) in [4.78, 5) is 21.3. The first-order chi connectivity index (χ1) is 9.56. The van der Waals surface area contributed by atoms with Gasteiger partial charge in [0.05, 0.1) is 12.7 Å². The molecule has 7 heteroatoms. The smallest absolute Gasteiger partial charge is 0.268 e. The normalized spacial score (nSPS) is 19.1. The number of thiazole rings is 1. The van der Waals surface area contributed by atoms with Crippen LogP contribution in [0, 0.1) is 0 Å². The molecule has 1 fully saturated rings. The molecule has 20 heavy (non-hydrogen) atoms. The Balaban J connectivity index is 2.17. The summed E-state index contributed by atoms with van der Waals surface area (Å²) in [5.74, 6) is 0.301. The lowest BCUT2D eigenvalue weighted by Gasteiger charge is -2.30. The van der Waals surface area contributed by atoms with Gasteiger partial charge in [-0.25, -0.2) is 4.98 Å². The Hall–Kier alpha value is -1.34.